The zero-order valence-corrected chi connectivity index (χ0v) is 10.8. The summed E-state index contributed by atoms with van der Waals surface area (Å²) in [5.41, 5.74) is 3.76. The van der Waals surface area contributed by atoms with E-state index in [1.54, 1.807) is 7.05 Å². The number of ether oxygens (including phenoxy) is 1. The van der Waals surface area contributed by atoms with Crippen LogP contribution < -0.4 is 10.5 Å². The van der Waals surface area contributed by atoms with E-state index in [-0.39, 0.29) is 5.75 Å². The van der Waals surface area contributed by atoms with E-state index in [1.807, 2.05) is 0 Å². The average Bonchev–Trinajstić information content (AvgIpc) is 2.82. The highest BCUT2D eigenvalue weighted by atomic mass is 19.4. The van der Waals surface area contributed by atoms with Crippen LogP contribution >= 0.6 is 0 Å². The molecule has 0 aliphatic heterocycles. The Balaban J connectivity index is 2.42. The number of hydrogen-bond donors (Lipinski definition) is 2. The van der Waals surface area contributed by atoms with Crippen LogP contribution in [-0.2, 0) is 13.2 Å². The fraction of sp³-hybridized carbons (Fsp3) is 0.167. The third-order valence-corrected chi connectivity index (χ3v) is 2.60. The van der Waals surface area contributed by atoms with Gasteiger partial charge in [-0.15, -0.1) is 0 Å². The Hall–Kier alpha value is -2.71. The summed E-state index contributed by atoms with van der Waals surface area (Å²) in [7, 11) is 1.65. The maximum atomic E-state index is 13.0. The molecule has 0 spiro atoms. The molecule has 1 aromatic carbocycles. The van der Waals surface area contributed by atoms with E-state index in [0.717, 1.165) is 12.1 Å². The largest absolute Gasteiger partial charge is 0.454 e. The molecule has 0 saturated heterocycles. The van der Waals surface area contributed by atoms with Gasteiger partial charge < -0.3 is 15.7 Å². The van der Waals surface area contributed by atoms with Gasteiger partial charge in [0.2, 0.25) is 0 Å². The summed E-state index contributed by atoms with van der Waals surface area (Å²) in [4.78, 5) is 0. The lowest BCUT2D eigenvalue weighted by molar-refractivity contribution is -0.137. The number of hydrogen-bond acceptors (Lipinski definition) is 4. The molecule has 0 atom stereocenters. The number of rotatable bonds is 3. The molecule has 1 heterocycles. The van der Waals surface area contributed by atoms with Crippen LogP contribution in [0.25, 0.3) is 0 Å². The Bertz CT molecular complexity index is 679. The lowest BCUT2D eigenvalue weighted by atomic mass is 10.1. The first-order valence-corrected chi connectivity index (χ1v) is 5.67. The predicted octanol–water partition coefficient (Wildman–Crippen LogP) is 2.33. The van der Waals surface area contributed by atoms with E-state index in [9.17, 15) is 13.2 Å². The fourth-order valence-electron chi connectivity index (χ4n) is 1.69. The molecule has 112 valence electrons. The van der Waals surface area contributed by atoms with Crippen molar-refractivity contribution in [3.63, 3.8) is 0 Å². The van der Waals surface area contributed by atoms with Crippen molar-refractivity contribution in [1.29, 1.82) is 0 Å². The highest BCUT2D eigenvalue weighted by molar-refractivity contribution is 5.98. The summed E-state index contributed by atoms with van der Waals surface area (Å²) in [5.74, 6) is -0.373. The second-order valence-electron chi connectivity index (χ2n) is 4.14. The van der Waals surface area contributed by atoms with E-state index in [0.29, 0.717) is 5.75 Å². The topological polar surface area (TPSA) is 85.7 Å². The summed E-state index contributed by atoms with van der Waals surface area (Å²) in [5, 5.41) is 15.0. The van der Waals surface area contributed by atoms with E-state index in [1.165, 1.54) is 23.1 Å². The molecule has 0 unspecified atom stereocenters. The van der Waals surface area contributed by atoms with Crippen molar-refractivity contribution < 1.29 is 23.1 Å². The SMILES string of the molecule is Cn1cc(Oc2ccc(/C(N)=N/O)c(C(F)(F)F)c2)cn1. The van der Waals surface area contributed by atoms with Crippen LogP contribution in [0.4, 0.5) is 13.2 Å². The quantitative estimate of drug-likeness (QED) is 0.394. The molecule has 0 aliphatic rings. The summed E-state index contributed by atoms with van der Waals surface area (Å²) in [6, 6.07) is 3.14. The molecule has 0 radical (unpaired) electrons. The minimum absolute atomic E-state index is 0.0372. The molecule has 0 amide bonds. The summed E-state index contributed by atoms with van der Waals surface area (Å²) in [6.07, 6.45) is -1.80. The van der Waals surface area contributed by atoms with Gasteiger partial charge in [0.25, 0.3) is 0 Å². The number of aryl methyl sites for hydroxylation is 1. The minimum atomic E-state index is -4.67. The van der Waals surface area contributed by atoms with Crippen LogP contribution in [0, 0.1) is 0 Å². The summed E-state index contributed by atoms with van der Waals surface area (Å²) in [6.45, 7) is 0. The first-order valence-electron chi connectivity index (χ1n) is 5.67. The molecular weight excluding hydrogens is 289 g/mol. The molecule has 0 saturated carbocycles. The first-order chi connectivity index (χ1) is 9.81. The molecule has 2 aromatic rings. The van der Waals surface area contributed by atoms with Crippen molar-refractivity contribution in [1.82, 2.24) is 9.78 Å². The van der Waals surface area contributed by atoms with Crippen LogP contribution in [0.2, 0.25) is 0 Å². The van der Waals surface area contributed by atoms with Gasteiger partial charge in [0.1, 0.15) is 5.75 Å². The van der Waals surface area contributed by atoms with Gasteiger partial charge >= 0.3 is 6.18 Å². The highest BCUT2D eigenvalue weighted by Gasteiger charge is 2.35. The number of nitrogens with two attached hydrogens (primary N) is 1. The van der Waals surface area contributed by atoms with Gasteiger partial charge in [-0.25, -0.2) is 0 Å². The van der Waals surface area contributed by atoms with Crippen molar-refractivity contribution >= 4 is 5.84 Å². The molecule has 0 bridgehead atoms. The van der Waals surface area contributed by atoms with Crippen molar-refractivity contribution in [3.8, 4) is 11.5 Å². The number of nitrogens with zero attached hydrogens (tertiary/aromatic N) is 3. The smallest absolute Gasteiger partial charge is 0.417 e. The zero-order valence-electron chi connectivity index (χ0n) is 10.8. The van der Waals surface area contributed by atoms with Gasteiger partial charge in [-0.1, -0.05) is 5.16 Å². The first kappa shape index (κ1) is 14.7. The molecule has 0 fully saturated rings. The van der Waals surface area contributed by atoms with Gasteiger partial charge in [-0.2, -0.15) is 18.3 Å². The molecule has 6 nitrogen and oxygen atoms in total. The molecule has 3 N–H and O–H groups in total. The Morgan fingerprint density at radius 1 is 1.38 bits per heavy atom. The van der Waals surface area contributed by atoms with Crippen LogP contribution in [0.15, 0.2) is 35.7 Å². The normalized spacial score (nSPS) is 12.5. The van der Waals surface area contributed by atoms with Crippen LogP contribution in [0.1, 0.15) is 11.1 Å². The number of benzene rings is 1. The second kappa shape index (κ2) is 5.35. The van der Waals surface area contributed by atoms with E-state index >= 15 is 0 Å². The molecule has 2 rings (SSSR count). The van der Waals surface area contributed by atoms with E-state index in [2.05, 4.69) is 10.3 Å². The van der Waals surface area contributed by atoms with Crippen LogP contribution in [-0.4, -0.2) is 20.8 Å². The Labute approximate surface area is 117 Å². The predicted molar refractivity (Wildman–Crippen MR) is 67.2 cm³/mol. The van der Waals surface area contributed by atoms with Gasteiger partial charge in [-0.05, 0) is 18.2 Å². The molecule has 1 aromatic heterocycles. The van der Waals surface area contributed by atoms with Gasteiger partial charge in [0, 0.05) is 12.6 Å². The highest BCUT2D eigenvalue weighted by Crippen LogP contribution is 2.35. The molecule has 9 heteroatoms. The lowest BCUT2D eigenvalue weighted by Gasteiger charge is -2.13. The second-order valence-corrected chi connectivity index (χ2v) is 4.14. The summed E-state index contributed by atoms with van der Waals surface area (Å²) >= 11 is 0. The number of aromatic nitrogens is 2. The Kier molecular flexibility index (Phi) is 3.74. The number of amidine groups is 1. The Morgan fingerprint density at radius 2 is 2.10 bits per heavy atom. The zero-order chi connectivity index (χ0) is 15.6. The van der Waals surface area contributed by atoms with Crippen molar-refractivity contribution in [2.75, 3.05) is 0 Å². The Morgan fingerprint density at radius 3 is 2.62 bits per heavy atom. The maximum absolute atomic E-state index is 13.0. The van der Waals surface area contributed by atoms with Crippen molar-refractivity contribution in [2.24, 2.45) is 17.9 Å². The average molecular weight is 300 g/mol. The van der Waals surface area contributed by atoms with Gasteiger partial charge in [0.05, 0.1) is 18.0 Å². The third kappa shape index (κ3) is 3.25. The van der Waals surface area contributed by atoms with Gasteiger partial charge in [-0.3, -0.25) is 4.68 Å². The van der Waals surface area contributed by atoms with Gasteiger partial charge in [0.15, 0.2) is 11.6 Å². The molecule has 0 aliphatic carbocycles. The van der Waals surface area contributed by atoms with Crippen molar-refractivity contribution in [3.05, 3.63) is 41.7 Å². The number of oxime groups is 1. The number of halogens is 3. The number of alkyl halides is 3. The van der Waals surface area contributed by atoms with Crippen LogP contribution in [0.3, 0.4) is 0 Å². The van der Waals surface area contributed by atoms with Crippen molar-refractivity contribution in [2.45, 2.75) is 6.18 Å². The minimum Gasteiger partial charge on any atom is -0.454 e. The maximum Gasteiger partial charge on any atom is 0.417 e. The standard InChI is InChI=1S/C12H11F3N4O2/c1-19-6-8(5-17-19)21-7-2-3-9(11(16)18-20)10(4-7)12(13,14)15/h2-6,20H,1H3,(H2,16,18). The van der Waals surface area contributed by atoms with E-state index in [4.69, 9.17) is 15.7 Å². The monoisotopic (exact) mass is 300 g/mol. The van der Waals surface area contributed by atoms with Crippen LogP contribution in [0.5, 0.6) is 11.5 Å². The molecular formula is C12H11F3N4O2. The third-order valence-electron chi connectivity index (χ3n) is 2.60. The molecule has 21 heavy (non-hydrogen) atoms. The lowest BCUT2D eigenvalue weighted by Crippen LogP contribution is -2.19. The summed E-state index contributed by atoms with van der Waals surface area (Å²) < 4.78 is 45.7. The fourth-order valence-corrected chi connectivity index (χ4v) is 1.69. The van der Waals surface area contributed by atoms with E-state index < -0.39 is 23.1 Å².